The predicted molar refractivity (Wildman–Crippen MR) is 79.5 cm³/mol. The van der Waals surface area contributed by atoms with Crippen molar-refractivity contribution in [2.45, 2.75) is 18.4 Å². The van der Waals surface area contributed by atoms with Crippen molar-refractivity contribution in [1.29, 1.82) is 0 Å². The lowest BCUT2D eigenvalue weighted by atomic mass is 9.94. The first-order chi connectivity index (χ1) is 10.3. The third kappa shape index (κ3) is 2.18. The second kappa shape index (κ2) is 4.96. The van der Waals surface area contributed by atoms with Crippen LogP contribution in [0, 0.1) is 0 Å². The maximum atomic E-state index is 6.07. The van der Waals surface area contributed by atoms with Gasteiger partial charge in [-0.3, -0.25) is 4.68 Å². The Morgan fingerprint density at radius 3 is 3.14 bits per heavy atom. The summed E-state index contributed by atoms with van der Waals surface area (Å²) in [6.07, 6.45) is 5.91. The van der Waals surface area contributed by atoms with E-state index in [-0.39, 0.29) is 5.60 Å². The lowest BCUT2D eigenvalue weighted by Crippen LogP contribution is -2.56. The molecule has 0 aromatic carbocycles. The largest absolute Gasteiger partial charge is 0.378 e. The number of pyridine rings is 1. The molecule has 1 atom stereocenters. The number of hydrogen-bond acceptors (Lipinski definition) is 5. The van der Waals surface area contributed by atoms with Gasteiger partial charge in [-0.05, 0) is 18.9 Å². The molecular weight excluding hydrogens is 268 g/mol. The fourth-order valence-electron chi connectivity index (χ4n) is 3.42. The van der Waals surface area contributed by atoms with E-state index in [4.69, 9.17) is 9.47 Å². The number of aromatic nitrogens is 3. The van der Waals surface area contributed by atoms with E-state index >= 15 is 0 Å². The van der Waals surface area contributed by atoms with E-state index in [9.17, 15) is 0 Å². The minimum absolute atomic E-state index is 0.145. The summed E-state index contributed by atoms with van der Waals surface area (Å²) >= 11 is 0. The number of anilines is 1. The number of rotatable bonds is 1. The van der Waals surface area contributed by atoms with Crippen LogP contribution < -0.4 is 4.90 Å². The van der Waals surface area contributed by atoms with E-state index in [0.29, 0.717) is 6.61 Å². The third-order valence-electron chi connectivity index (χ3n) is 4.49. The van der Waals surface area contributed by atoms with Crippen LogP contribution in [0.2, 0.25) is 0 Å². The Morgan fingerprint density at radius 1 is 1.33 bits per heavy atom. The van der Waals surface area contributed by atoms with Gasteiger partial charge >= 0.3 is 0 Å². The highest BCUT2D eigenvalue weighted by atomic mass is 16.5. The standard InChI is InChI=1S/C15H20N4O2/c1-18-14-12(9-17-18)13(3-5-16-14)19-6-8-21-15(10-19)4-2-7-20-11-15/h3,5,9H,2,4,6-8,10-11H2,1H3. The van der Waals surface area contributed by atoms with Gasteiger partial charge in [-0.2, -0.15) is 5.10 Å². The molecule has 1 spiro atoms. The molecule has 21 heavy (non-hydrogen) atoms. The molecular formula is C15H20N4O2. The van der Waals surface area contributed by atoms with Crippen molar-refractivity contribution in [3.63, 3.8) is 0 Å². The Kier molecular flexibility index (Phi) is 3.08. The third-order valence-corrected chi connectivity index (χ3v) is 4.49. The van der Waals surface area contributed by atoms with Gasteiger partial charge in [0, 0.05) is 32.9 Å². The first kappa shape index (κ1) is 13.0. The molecule has 112 valence electrons. The number of morpholine rings is 1. The monoisotopic (exact) mass is 288 g/mol. The highest BCUT2D eigenvalue weighted by Crippen LogP contribution is 2.32. The summed E-state index contributed by atoms with van der Waals surface area (Å²) in [6, 6.07) is 2.08. The van der Waals surface area contributed by atoms with Crippen LogP contribution in [-0.2, 0) is 16.5 Å². The molecule has 0 bridgehead atoms. The van der Waals surface area contributed by atoms with Crippen LogP contribution in [0.5, 0.6) is 0 Å². The molecule has 2 aliphatic rings. The second-order valence-corrected chi connectivity index (χ2v) is 5.94. The molecule has 2 fully saturated rings. The fraction of sp³-hybridized carbons (Fsp3) is 0.600. The van der Waals surface area contributed by atoms with Gasteiger partial charge < -0.3 is 14.4 Å². The molecule has 2 aromatic rings. The summed E-state index contributed by atoms with van der Waals surface area (Å²) in [4.78, 5) is 6.81. The highest BCUT2D eigenvalue weighted by molar-refractivity contribution is 5.89. The van der Waals surface area contributed by atoms with Crippen LogP contribution in [0.4, 0.5) is 5.69 Å². The Morgan fingerprint density at radius 2 is 2.29 bits per heavy atom. The van der Waals surface area contributed by atoms with E-state index in [0.717, 1.165) is 50.2 Å². The van der Waals surface area contributed by atoms with Gasteiger partial charge in [0.15, 0.2) is 5.65 Å². The zero-order valence-electron chi connectivity index (χ0n) is 12.3. The average molecular weight is 288 g/mol. The smallest absolute Gasteiger partial charge is 0.159 e. The maximum Gasteiger partial charge on any atom is 0.159 e. The molecule has 4 rings (SSSR count). The van der Waals surface area contributed by atoms with Crippen molar-refractivity contribution in [2.75, 3.05) is 37.8 Å². The van der Waals surface area contributed by atoms with Crippen LogP contribution in [0.25, 0.3) is 11.0 Å². The predicted octanol–water partition coefficient (Wildman–Crippen LogP) is 1.35. The second-order valence-electron chi connectivity index (χ2n) is 5.94. The zero-order chi connectivity index (χ0) is 14.3. The topological polar surface area (TPSA) is 52.4 Å². The lowest BCUT2D eigenvalue weighted by Gasteiger charge is -2.45. The van der Waals surface area contributed by atoms with Crippen molar-refractivity contribution in [3.8, 4) is 0 Å². The fourth-order valence-corrected chi connectivity index (χ4v) is 3.42. The van der Waals surface area contributed by atoms with E-state index in [2.05, 4.69) is 21.0 Å². The molecule has 1 unspecified atom stereocenters. The van der Waals surface area contributed by atoms with E-state index < -0.39 is 0 Å². The number of hydrogen-bond donors (Lipinski definition) is 0. The maximum absolute atomic E-state index is 6.07. The van der Waals surface area contributed by atoms with Crippen LogP contribution in [-0.4, -0.2) is 53.3 Å². The first-order valence-corrected chi connectivity index (χ1v) is 7.51. The summed E-state index contributed by atoms with van der Waals surface area (Å²) in [6.45, 7) is 4.07. The van der Waals surface area contributed by atoms with Gasteiger partial charge in [0.1, 0.15) is 5.60 Å². The molecule has 0 radical (unpaired) electrons. The Hall–Kier alpha value is -1.66. The summed E-state index contributed by atoms with van der Waals surface area (Å²) in [5.74, 6) is 0. The number of ether oxygens (including phenoxy) is 2. The molecule has 4 heterocycles. The number of aryl methyl sites for hydroxylation is 1. The SMILES string of the molecule is Cn1ncc2c(N3CCOC4(CCCOC4)C3)ccnc21. The Bertz CT molecular complexity index is 643. The average Bonchev–Trinajstić information content (AvgIpc) is 2.90. The van der Waals surface area contributed by atoms with E-state index in [1.165, 1.54) is 5.69 Å². The van der Waals surface area contributed by atoms with Crippen LogP contribution in [0.1, 0.15) is 12.8 Å². The van der Waals surface area contributed by atoms with Crippen LogP contribution >= 0.6 is 0 Å². The van der Waals surface area contributed by atoms with E-state index in [1.807, 2.05) is 24.1 Å². The molecule has 6 nitrogen and oxygen atoms in total. The number of nitrogens with zero attached hydrogens (tertiary/aromatic N) is 4. The van der Waals surface area contributed by atoms with Crippen molar-refractivity contribution in [2.24, 2.45) is 7.05 Å². The van der Waals surface area contributed by atoms with Crippen molar-refractivity contribution in [3.05, 3.63) is 18.5 Å². The molecule has 2 aromatic heterocycles. The van der Waals surface area contributed by atoms with Gasteiger partial charge in [0.05, 0.1) is 30.5 Å². The molecule has 0 saturated carbocycles. The summed E-state index contributed by atoms with van der Waals surface area (Å²) in [5.41, 5.74) is 1.98. The molecule has 0 aliphatic carbocycles. The molecule has 2 aliphatic heterocycles. The minimum atomic E-state index is -0.145. The quantitative estimate of drug-likeness (QED) is 0.793. The Balaban J connectivity index is 1.68. The minimum Gasteiger partial charge on any atom is -0.378 e. The molecule has 2 saturated heterocycles. The molecule has 0 amide bonds. The van der Waals surface area contributed by atoms with Crippen LogP contribution in [0.15, 0.2) is 18.5 Å². The van der Waals surface area contributed by atoms with Gasteiger partial charge in [0.25, 0.3) is 0 Å². The van der Waals surface area contributed by atoms with Gasteiger partial charge in [0.2, 0.25) is 0 Å². The van der Waals surface area contributed by atoms with Gasteiger partial charge in [-0.15, -0.1) is 0 Å². The molecule has 0 N–H and O–H groups in total. The lowest BCUT2D eigenvalue weighted by molar-refractivity contribution is -0.133. The summed E-state index contributed by atoms with van der Waals surface area (Å²) in [5, 5.41) is 5.43. The van der Waals surface area contributed by atoms with Crippen molar-refractivity contribution in [1.82, 2.24) is 14.8 Å². The zero-order valence-corrected chi connectivity index (χ0v) is 12.3. The molecule has 6 heteroatoms. The Labute approximate surface area is 123 Å². The van der Waals surface area contributed by atoms with Crippen LogP contribution in [0.3, 0.4) is 0 Å². The van der Waals surface area contributed by atoms with Gasteiger partial charge in [-0.25, -0.2) is 4.98 Å². The number of fused-ring (bicyclic) bond motifs is 1. The summed E-state index contributed by atoms with van der Waals surface area (Å²) < 4.78 is 13.5. The van der Waals surface area contributed by atoms with E-state index in [1.54, 1.807) is 0 Å². The normalized spacial score (nSPS) is 26.6. The van der Waals surface area contributed by atoms with Crippen molar-refractivity contribution >= 4 is 16.7 Å². The first-order valence-electron chi connectivity index (χ1n) is 7.51. The van der Waals surface area contributed by atoms with Gasteiger partial charge in [-0.1, -0.05) is 0 Å². The van der Waals surface area contributed by atoms with Crippen molar-refractivity contribution < 1.29 is 9.47 Å². The summed E-state index contributed by atoms with van der Waals surface area (Å²) in [7, 11) is 1.93. The highest BCUT2D eigenvalue weighted by Gasteiger charge is 2.39.